The molecule has 20 heavy (non-hydrogen) atoms. The molecule has 1 aromatic heterocycles. The molecule has 1 aromatic carbocycles. The number of halogens is 1. The molecule has 1 N–H and O–H groups in total. The number of aromatic nitrogens is 2. The number of carbonyl (C=O) groups excluding carboxylic acids is 1. The number of benzene rings is 1. The van der Waals surface area contributed by atoms with E-state index in [0.717, 1.165) is 23.0 Å². The van der Waals surface area contributed by atoms with Crippen molar-refractivity contribution in [3.63, 3.8) is 0 Å². The number of ketones is 1. The molecule has 0 bridgehead atoms. The maximum absolute atomic E-state index is 12.9. The summed E-state index contributed by atoms with van der Waals surface area (Å²) >= 11 is 3.43. The second kappa shape index (κ2) is 5.50. The second-order valence-corrected chi connectivity index (χ2v) is 5.71. The van der Waals surface area contributed by atoms with E-state index in [-0.39, 0.29) is 11.8 Å². The zero-order valence-corrected chi connectivity index (χ0v) is 12.9. The Morgan fingerprint density at radius 2 is 2.30 bits per heavy atom. The SMILES string of the molecule is CCn1ncc(Br)c1C(=O)C1NCCc2ccccc21. The minimum absolute atomic E-state index is 0.0726. The van der Waals surface area contributed by atoms with Crippen LogP contribution in [0, 0.1) is 0 Å². The number of hydrogen-bond acceptors (Lipinski definition) is 3. The standard InChI is InChI=1S/C15H16BrN3O/c1-2-19-14(12(16)9-18-19)15(20)13-11-6-4-3-5-10(11)7-8-17-13/h3-6,9,13,17H,2,7-8H2,1H3. The molecule has 2 heterocycles. The highest BCUT2D eigenvalue weighted by atomic mass is 79.9. The summed E-state index contributed by atoms with van der Waals surface area (Å²) in [6.45, 7) is 3.49. The molecule has 0 aliphatic carbocycles. The first kappa shape index (κ1) is 13.5. The number of nitrogens with zero attached hydrogens (tertiary/aromatic N) is 2. The Bertz CT molecular complexity index is 650. The molecule has 2 aromatic rings. The van der Waals surface area contributed by atoms with Crippen molar-refractivity contribution in [3.05, 3.63) is 51.8 Å². The average molecular weight is 334 g/mol. The van der Waals surface area contributed by atoms with E-state index < -0.39 is 0 Å². The monoisotopic (exact) mass is 333 g/mol. The van der Waals surface area contributed by atoms with E-state index in [9.17, 15) is 4.79 Å². The third-order valence-corrected chi connectivity index (χ3v) is 4.28. The minimum atomic E-state index is -0.279. The number of Topliss-reactive ketones (excluding diaryl/α,β-unsaturated/α-hetero) is 1. The van der Waals surface area contributed by atoms with Gasteiger partial charge < -0.3 is 5.32 Å². The zero-order valence-electron chi connectivity index (χ0n) is 11.3. The fourth-order valence-corrected chi connectivity index (χ4v) is 3.21. The molecule has 1 aliphatic rings. The molecule has 1 atom stereocenters. The van der Waals surface area contributed by atoms with Crippen LogP contribution in [0.1, 0.15) is 34.6 Å². The van der Waals surface area contributed by atoms with Gasteiger partial charge in [0.25, 0.3) is 0 Å². The number of carbonyl (C=O) groups is 1. The number of fused-ring (bicyclic) bond motifs is 1. The number of nitrogens with one attached hydrogen (secondary N) is 1. The maximum atomic E-state index is 12.9. The van der Waals surface area contributed by atoms with Crippen LogP contribution in [0.25, 0.3) is 0 Å². The number of rotatable bonds is 3. The molecule has 4 nitrogen and oxygen atoms in total. The van der Waals surface area contributed by atoms with Crippen molar-refractivity contribution in [1.29, 1.82) is 0 Å². The average Bonchev–Trinajstić information content (AvgIpc) is 2.87. The fraction of sp³-hybridized carbons (Fsp3) is 0.333. The Kier molecular flexibility index (Phi) is 3.72. The Hall–Kier alpha value is -1.46. The van der Waals surface area contributed by atoms with Gasteiger partial charge in [0.2, 0.25) is 5.78 Å². The minimum Gasteiger partial charge on any atom is -0.303 e. The quantitative estimate of drug-likeness (QED) is 0.878. The van der Waals surface area contributed by atoms with Crippen LogP contribution in [-0.2, 0) is 13.0 Å². The molecule has 104 valence electrons. The predicted molar refractivity (Wildman–Crippen MR) is 80.8 cm³/mol. The molecule has 1 aliphatic heterocycles. The van der Waals surface area contributed by atoms with Gasteiger partial charge in [0.1, 0.15) is 5.69 Å². The van der Waals surface area contributed by atoms with Crippen molar-refractivity contribution in [1.82, 2.24) is 15.1 Å². The highest BCUT2D eigenvalue weighted by molar-refractivity contribution is 9.10. The lowest BCUT2D eigenvalue weighted by atomic mass is 9.91. The topological polar surface area (TPSA) is 46.9 Å². The summed E-state index contributed by atoms with van der Waals surface area (Å²) in [7, 11) is 0. The smallest absolute Gasteiger partial charge is 0.203 e. The van der Waals surface area contributed by atoms with Gasteiger partial charge in [-0.3, -0.25) is 9.48 Å². The van der Waals surface area contributed by atoms with Crippen LogP contribution >= 0.6 is 15.9 Å². The van der Waals surface area contributed by atoms with E-state index >= 15 is 0 Å². The first-order valence-electron chi connectivity index (χ1n) is 6.79. The number of aryl methyl sites for hydroxylation is 1. The molecule has 0 saturated carbocycles. The summed E-state index contributed by atoms with van der Waals surface area (Å²) in [6, 6.07) is 7.86. The largest absolute Gasteiger partial charge is 0.303 e. The van der Waals surface area contributed by atoms with Gasteiger partial charge in [-0.25, -0.2) is 0 Å². The van der Waals surface area contributed by atoms with Crippen LogP contribution in [0.3, 0.4) is 0 Å². The van der Waals surface area contributed by atoms with Gasteiger partial charge in [0.15, 0.2) is 0 Å². The lowest BCUT2D eigenvalue weighted by Crippen LogP contribution is -2.36. The predicted octanol–water partition coefficient (Wildman–Crippen LogP) is 2.74. The van der Waals surface area contributed by atoms with Crippen molar-refractivity contribution >= 4 is 21.7 Å². The molecule has 5 heteroatoms. The molecule has 0 amide bonds. The molecule has 0 spiro atoms. The summed E-state index contributed by atoms with van der Waals surface area (Å²) in [5.41, 5.74) is 2.98. The number of hydrogen-bond donors (Lipinski definition) is 1. The Morgan fingerprint density at radius 3 is 3.10 bits per heavy atom. The molecular weight excluding hydrogens is 318 g/mol. The van der Waals surface area contributed by atoms with E-state index in [4.69, 9.17) is 0 Å². The van der Waals surface area contributed by atoms with Crippen LogP contribution in [0.5, 0.6) is 0 Å². The molecular formula is C15H16BrN3O. The van der Waals surface area contributed by atoms with Gasteiger partial charge in [-0.15, -0.1) is 0 Å². The van der Waals surface area contributed by atoms with Crippen LogP contribution < -0.4 is 5.32 Å². The Balaban J connectivity index is 2.02. The van der Waals surface area contributed by atoms with E-state index in [0.29, 0.717) is 12.2 Å². The molecule has 0 fully saturated rings. The van der Waals surface area contributed by atoms with Crippen molar-refractivity contribution in [2.24, 2.45) is 0 Å². The van der Waals surface area contributed by atoms with Crippen molar-refractivity contribution in [3.8, 4) is 0 Å². The first-order valence-corrected chi connectivity index (χ1v) is 7.58. The van der Waals surface area contributed by atoms with Crippen LogP contribution in [0.15, 0.2) is 34.9 Å². The molecule has 0 radical (unpaired) electrons. The van der Waals surface area contributed by atoms with Crippen LogP contribution in [0.4, 0.5) is 0 Å². The van der Waals surface area contributed by atoms with Crippen molar-refractivity contribution in [2.45, 2.75) is 25.9 Å². The van der Waals surface area contributed by atoms with E-state index in [2.05, 4.69) is 32.4 Å². The normalized spacial score (nSPS) is 17.8. The van der Waals surface area contributed by atoms with E-state index in [1.807, 2.05) is 25.1 Å². The molecule has 0 saturated heterocycles. The lowest BCUT2D eigenvalue weighted by molar-refractivity contribution is 0.0928. The van der Waals surface area contributed by atoms with Gasteiger partial charge in [-0.2, -0.15) is 5.10 Å². The maximum Gasteiger partial charge on any atom is 0.203 e. The van der Waals surface area contributed by atoms with Gasteiger partial charge >= 0.3 is 0 Å². The Morgan fingerprint density at radius 1 is 1.50 bits per heavy atom. The summed E-state index contributed by atoms with van der Waals surface area (Å²) in [6.07, 6.45) is 2.65. The van der Waals surface area contributed by atoms with Gasteiger partial charge in [0.05, 0.1) is 16.7 Å². The van der Waals surface area contributed by atoms with E-state index in [1.54, 1.807) is 10.9 Å². The third kappa shape index (κ3) is 2.21. The summed E-state index contributed by atoms with van der Waals surface area (Å²) < 4.78 is 2.50. The van der Waals surface area contributed by atoms with Crippen molar-refractivity contribution < 1.29 is 4.79 Å². The fourth-order valence-electron chi connectivity index (χ4n) is 2.72. The van der Waals surface area contributed by atoms with Crippen molar-refractivity contribution in [2.75, 3.05) is 6.54 Å². The van der Waals surface area contributed by atoms with Gasteiger partial charge in [0, 0.05) is 13.1 Å². The van der Waals surface area contributed by atoms with Crippen LogP contribution in [-0.4, -0.2) is 22.1 Å². The molecule has 3 rings (SSSR count). The first-order chi connectivity index (χ1) is 9.72. The molecule has 1 unspecified atom stereocenters. The Labute approximate surface area is 126 Å². The second-order valence-electron chi connectivity index (χ2n) is 4.86. The van der Waals surface area contributed by atoms with Gasteiger partial charge in [-0.1, -0.05) is 24.3 Å². The lowest BCUT2D eigenvalue weighted by Gasteiger charge is -2.26. The highest BCUT2D eigenvalue weighted by Gasteiger charge is 2.30. The highest BCUT2D eigenvalue weighted by Crippen LogP contribution is 2.28. The summed E-state index contributed by atoms with van der Waals surface area (Å²) in [5, 5.41) is 7.56. The van der Waals surface area contributed by atoms with Crippen LogP contribution in [0.2, 0.25) is 0 Å². The summed E-state index contributed by atoms with van der Waals surface area (Å²) in [4.78, 5) is 12.9. The summed E-state index contributed by atoms with van der Waals surface area (Å²) in [5.74, 6) is 0.0726. The zero-order chi connectivity index (χ0) is 14.1. The van der Waals surface area contributed by atoms with E-state index in [1.165, 1.54) is 5.56 Å². The third-order valence-electron chi connectivity index (χ3n) is 3.70. The van der Waals surface area contributed by atoms with Gasteiger partial charge in [-0.05, 0) is 40.4 Å².